The first-order valence-electron chi connectivity index (χ1n) is 7.36. The molecule has 0 amide bonds. The summed E-state index contributed by atoms with van der Waals surface area (Å²) in [7, 11) is 0. The normalized spacial score (nSPS) is 28.9. The lowest BCUT2D eigenvalue weighted by molar-refractivity contribution is 0.218. The molecule has 0 aromatic heterocycles. The van der Waals surface area contributed by atoms with Gasteiger partial charge in [0.1, 0.15) is 0 Å². The average molecular weight is 244 g/mol. The SMILES string of the molecule is CC1CCN(CC2Cc3ccccc32)CCCN1. The quantitative estimate of drug-likeness (QED) is 0.859. The highest BCUT2D eigenvalue weighted by Crippen LogP contribution is 2.35. The van der Waals surface area contributed by atoms with Gasteiger partial charge in [-0.25, -0.2) is 0 Å². The summed E-state index contributed by atoms with van der Waals surface area (Å²) in [5.74, 6) is 0.795. The summed E-state index contributed by atoms with van der Waals surface area (Å²) in [6.07, 6.45) is 3.87. The van der Waals surface area contributed by atoms with E-state index in [-0.39, 0.29) is 0 Å². The fourth-order valence-electron chi connectivity index (χ4n) is 3.26. The van der Waals surface area contributed by atoms with E-state index in [9.17, 15) is 0 Å². The van der Waals surface area contributed by atoms with Crippen LogP contribution >= 0.6 is 0 Å². The van der Waals surface area contributed by atoms with E-state index in [1.165, 1.54) is 45.4 Å². The number of hydrogen-bond acceptors (Lipinski definition) is 2. The van der Waals surface area contributed by atoms with Crippen molar-refractivity contribution in [3.63, 3.8) is 0 Å². The van der Waals surface area contributed by atoms with Gasteiger partial charge in [0.15, 0.2) is 0 Å². The van der Waals surface area contributed by atoms with Crippen molar-refractivity contribution >= 4 is 0 Å². The van der Waals surface area contributed by atoms with Gasteiger partial charge >= 0.3 is 0 Å². The van der Waals surface area contributed by atoms with E-state index in [2.05, 4.69) is 41.4 Å². The van der Waals surface area contributed by atoms with Gasteiger partial charge in [-0.2, -0.15) is 0 Å². The Morgan fingerprint density at radius 2 is 2.17 bits per heavy atom. The van der Waals surface area contributed by atoms with Gasteiger partial charge in [-0.15, -0.1) is 0 Å². The number of hydrogen-bond donors (Lipinski definition) is 1. The van der Waals surface area contributed by atoms with Crippen LogP contribution in [0.1, 0.15) is 36.8 Å². The van der Waals surface area contributed by atoms with Crippen LogP contribution in [0.2, 0.25) is 0 Å². The highest BCUT2D eigenvalue weighted by Gasteiger charge is 2.27. The Kier molecular flexibility index (Phi) is 3.67. The Bertz CT molecular complexity index is 402. The molecule has 1 aromatic rings. The fraction of sp³-hybridized carbons (Fsp3) is 0.625. The third kappa shape index (κ3) is 2.60. The topological polar surface area (TPSA) is 15.3 Å². The van der Waals surface area contributed by atoms with Crippen molar-refractivity contribution in [3.05, 3.63) is 35.4 Å². The minimum Gasteiger partial charge on any atom is -0.314 e. The molecule has 1 saturated heterocycles. The van der Waals surface area contributed by atoms with Crippen LogP contribution in [0, 0.1) is 0 Å². The maximum Gasteiger partial charge on any atom is 0.00536 e. The van der Waals surface area contributed by atoms with Crippen molar-refractivity contribution < 1.29 is 0 Å². The first-order chi connectivity index (χ1) is 8.83. The minimum atomic E-state index is 0.682. The van der Waals surface area contributed by atoms with Gasteiger partial charge in [0.05, 0.1) is 0 Å². The Balaban J connectivity index is 1.57. The van der Waals surface area contributed by atoms with E-state index in [1.807, 2.05) is 0 Å². The van der Waals surface area contributed by atoms with Crippen molar-refractivity contribution in [2.45, 2.75) is 38.1 Å². The molecular weight excluding hydrogens is 220 g/mol. The Labute approximate surface area is 110 Å². The molecule has 2 aliphatic rings. The lowest BCUT2D eigenvalue weighted by Gasteiger charge is -2.36. The molecule has 0 bridgehead atoms. The van der Waals surface area contributed by atoms with Crippen molar-refractivity contribution in [1.82, 2.24) is 10.2 Å². The van der Waals surface area contributed by atoms with Crippen molar-refractivity contribution in [3.8, 4) is 0 Å². The third-order valence-electron chi connectivity index (χ3n) is 4.46. The molecule has 1 aromatic carbocycles. The van der Waals surface area contributed by atoms with Crippen LogP contribution in [-0.4, -0.2) is 37.1 Å². The molecule has 2 atom stereocenters. The third-order valence-corrected chi connectivity index (χ3v) is 4.46. The lowest BCUT2D eigenvalue weighted by Crippen LogP contribution is -2.41. The van der Waals surface area contributed by atoms with E-state index >= 15 is 0 Å². The van der Waals surface area contributed by atoms with Crippen molar-refractivity contribution in [2.24, 2.45) is 0 Å². The number of nitrogens with one attached hydrogen (secondary N) is 1. The first kappa shape index (κ1) is 12.2. The highest BCUT2D eigenvalue weighted by molar-refractivity contribution is 5.40. The second-order valence-corrected chi connectivity index (χ2v) is 5.90. The predicted octanol–water partition coefficient (Wildman–Crippen LogP) is 2.40. The summed E-state index contributed by atoms with van der Waals surface area (Å²) in [5.41, 5.74) is 3.18. The van der Waals surface area contributed by atoms with Crippen LogP contribution in [0.4, 0.5) is 0 Å². The largest absolute Gasteiger partial charge is 0.314 e. The Morgan fingerprint density at radius 1 is 1.28 bits per heavy atom. The van der Waals surface area contributed by atoms with Gasteiger partial charge in [0.2, 0.25) is 0 Å². The number of rotatable bonds is 2. The van der Waals surface area contributed by atoms with Gasteiger partial charge in [-0.1, -0.05) is 24.3 Å². The molecule has 1 heterocycles. The second-order valence-electron chi connectivity index (χ2n) is 5.90. The van der Waals surface area contributed by atoms with E-state index in [0.717, 1.165) is 5.92 Å². The zero-order valence-corrected chi connectivity index (χ0v) is 11.4. The number of nitrogens with zero attached hydrogens (tertiary/aromatic N) is 1. The molecule has 1 aliphatic heterocycles. The molecule has 98 valence electrons. The molecule has 0 radical (unpaired) electrons. The average Bonchev–Trinajstić information content (AvgIpc) is 2.34. The van der Waals surface area contributed by atoms with Gasteiger partial charge in [0.25, 0.3) is 0 Å². The molecule has 2 heteroatoms. The van der Waals surface area contributed by atoms with Crippen molar-refractivity contribution in [2.75, 3.05) is 26.2 Å². The van der Waals surface area contributed by atoms with Gasteiger partial charge in [0, 0.05) is 18.5 Å². The van der Waals surface area contributed by atoms with E-state index in [4.69, 9.17) is 0 Å². The molecule has 1 N–H and O–H groups in total. The van der Waals surface area contributed by atoms with Gasteiger partial charge in [-0.3, -0.25) is 0 Å². The predicted molar refractivity (Wildman–Crippen MR) is 76.0 cm³/mol. The summed E-state index contributed by atoms with van der Waals surface area (Å²) in [4.78, 5) is 2.68. The highest BCUT2D eigenvalue weighted by atomic mass is 15.1. The molecule has 2 unspecified atom stereocenters. The molecule has 2 nitrogen and oxygen atoms in total. The minimum absolute atomic E-state index is 0.682. The van der Waals surface area contributed by atoms with E-state index < -0.39 is 0 Å². The number of fused-ring (bicyclic) bond motifs is 1. The Hall–Kier alpha value is -0.860. The smallest absolute Gasteiger partial charge is 0.00536 e. The maximum absolute atomic E-state index is 3.58. The zero-order valence-electron chi connectivity index (χ0n) is 11.4. The summed E-state index contributed by atoms with van der Waals surface area (Å²) in [6, 6.07) is 9.63. The molecule has 1 fully saturated rings. The fourth-order valence-corrected chi connectivity index (χ4v) is 3.26. The van der Waals surface area contributed by atoms with Crippen LogP contribution in [0.5, 0.6) is 0 Å². The van der Waals surface area contributed by atoms with Crippen LogP contribution in [0.15, 0.2) is 24.3 Å². The molecule has 0 saturated carbocycles. The summed E-state index contributed by atoms with van der Waals surface area (Å²) in [5, 5.41) is 3.58. The van der Waals surface area contributed by atoms with Crippen LogP contribution in [0.3, 0.4) is 0 Å². The molecule has 1 aliphatic carbocycles. The molecular formula is C16H24N2. The van der Waals surface area contributed by atoms with Gasteiger partial charge in [-0.05, 0) is 56.9 Å². The standard InChI is InChI=1S/C16H24N2/c1-13-7-10-18(9-4-8-17-13)12-15-11-14-5-2-3-6-16(14)15/h2-3,5-6,13,15,17H,4,7-12H2,1H3. The molecule has 0 spiro atoms. The van der Waals surface area contributed by atoms with Crippen molar-refractivity contribution in [1.29, 1.82) is 0 Å². The monoisotopic (exact) mass is 244 g/mol. The summed E-state index contributed by atoms with van der Waals surface area (Å²) in [6.45, 7) is 7.27. The first-order valence-corrected chi connectivity index (χ1v) is 7.36. The lowest BCUT2D eigenvalue weighted by atomic mass is 9.77. The van der Waals surface area contributed by atoms with Crippen LogP contribution < -0.4 is 5.32 Å². The van der Waals surface area contributed by atoms with Crippen LogP contribution in [-0.2, 0) is 6.42 Å². The van der Waals surface area contributed by atoms with E-state index in [1.54, 1.807) is 11.1 Å². The van der Waals surface area contributed by atoms with Gasteiger partial charge < -0.3 is 10.2 Å². The molecule has 18 heavy (non-hydrogen) atoms. The van der Waals surface area contributed by atoms with Crippen LogP contribution in [0.25, 0.3) is 0 Å². The number of benzene rings is 1. The summed E-state index contributed by atoms with van der Waals surface area (Å²) >= 11 is 0. The Morgan fingerprint density at radius 3 is 3.06 bits per heavy atom. The van der Waals surface area contributed by atoms with E-state index in [0.29, 0.717) is 6.04 Å². The maximum atomic E-state index is 3.58. The second kappa shape index (κ2) is 5.41. The molecule has 3 rings (SSSR count). The summed E-state index contributed by atoms with van der Waals surface area (Å²) < 4.78 is 0. The zero-order chi connectivity index (χ0) is 12.4.